The van der Waals surface area contributed by atoms with E-state index in [1.54, 1.807) is 6.07 Å². The van der Waals surface area contributed by atoms with E-state index in [-0.39, 0.29) is 5.82 Å². The minimum atomic E-state index is -0.361. The lowest BCUT2D eigenvalue weighted by atomic mass is 9.83. The predicted octanol–water partition coefficient (Wildman–Crippen LogP) is 3.04. The summed E-state index contributed by atoms with van der Waals surface area (Å²) in [6.45, 7) is 3.55. The van der Waals surface area contributed by atoms with E-state index in [4.69, 9.17) is 5.73 Å². The Balaban J connectivity index is 2.34. The summed E-state index contributed by atoms with van der Waals surface area (Å²) in [5, 5.41) is 9.24. The molecule has 0 radical (unpaired) electrons. The van der Waals surface area contributed by atoms with Crippen molar-refractivity contribution in [2.75, 3.05) is 18.0 Å². The molecule has 108 valence electrons. The molecule has 2 rings (SSSR count). The van der Waals surface area contributed by atoms with Gasteiger partial charge in [0.1, 0.15) is 11.9 Å². The molecule has 0 saturated heterocycles. The molecule has 3 nitrogen and oxygen atoms in total. The Hall–Kier alpha value is -1.60. The molecule has 1 aromatic carbocycles. The van der Waals surface area contributed by atoms with Crippen LogP contribution in [0, 0.1) is 23.1 Å². The molecule has 1 aromatic rings. The van der Waals surface area contributed by atoms with Crippen LogP contribution < -0.4 is 10.6 Å². The second kappa shape index (κ2) is 6.71. The lowest BCUT2D eigenvalue weighted by Gasteiger charge is -2.41. The molecule has 1 fully saturated rings. The van der Waals surface area contributed by atoms with Gasteiger partial charge >= 0.3 is 0 Å². The van der Waals surface area contributed by atoms with Crippen LogP contribution in [0.2, 0.25) is 0 Å². The summed E-state index contributed by atoms with van der Waals surface area (Å²) in [6.07, 6.45) is 4.66. The van der Waals surface area contributed by atoms with E-state index in [0.29, 0.717) is 24.1 Å². The van der Waals surface area contributed by atoms with Crippen molar-refractivity contribution >= 4 is 5.69 Å². The fraction of sp³-hybridized carbons (Fsp3) is 0.562. The van der Waals surface area contributed by atoms with Crippen LogP contribution in [0.5, 0.6) is 0 Å². The molecule has 20 heavy (non-hydrogen) atoms. The number of hydrogen-bond acceptors (Lipinski definition) is 3. The van der Waals surface area contributed by atoms with Gasteiger partial charge in [-0.05, 0) is 50.4 Å². The van der Waals surface area contributed by atoms with Crippen molar-refractivity contribution in [3.8, 4) is 6.07 Å². The molecule has 4 heteroatoms. The Bertz CT molecular complexity index is 495. The summed E-state index contributed by atoms with van der Waals surface area (Å²) in [6, 6.07) is 6.94. The minimum Gasteiger partial charge on any atom is -0.367 e. The topological polar surface area (TPSA) is 53.0 Å². The van der Waals surface area contributed by atoms with E-state index in [1.165, 1.54) is 25.0 Å². The van der Waals surface area contributed by atoms with Crippen LogP contribution in [-0.2, 0) is 0 Å². The van der Waals surface area contributed by atoms with Gasteiger partial charge in [-0.3, -0.25) is 0 Å². The summed E-state index contributed by atoms with van der Waals surface area (Å²) in [5.74, 6) is 0.0978. The van der Waals surface area contributed by atoms with Gasteiger partial charge in [0.15, 0.2) is 0 Å². The Morgan fingerprint density at radius 3 is 2.80 bits per heavy atom. The molecular weight excluding hydrogens is 253 g/mol. The average Bonchev–Trinajstić information content (AvgIpc) is 2.49. The first-order valence-electron chi connectivity index (χ1n) is 7.37. The lowest BCUT2D eigenvalue weighted by molar-refractivity contribution is 0.300. The number of anilines is 1. The van der Waals surface area contributed by atoms with Crippen molar-refractivity contribution in [2.24, 2.45) is 11.7 Å². The van der Waals surface area contributed by atoms with Gasteiger partial charge in [0, 0.05) is 12.6 Å². The molecule has 0 aliphatic heterocycles. The zero-order chi connectivity index (χ0) is 14.5. The molecule has 1 aliphatic carbocycles. The first-order valence-corrected chi connectivity index (χ1v) is 7.37. The Labute approximate surface area is 120 Å². The molecule has 0 heterocycles. The van der Waals surface area contributed by atoms with Crippen LogP contribution in [0.3, 0.4) is 0 Å². The maximum Gasteiger partial charge on any atom is 0.124 e. The van der Waals surface area contributed by atoms with Gasteiger partial charge < -0.3 is 10.6 Å². The number of nitrogens with zero attached hydrogens (tertiary/aromatic N) is 2. The fourth-order valence-electron chi connectivity index (χ4n) is 3.31. The summed E-state index contributed by atoms with van der Waals surface area (Å²) in [7, 11) is 0. The summed E-state index contributed by atoms with van der Waals surface area (Å²) >= 11 is 0. The van der Waals surface area contributed by atoms with E-state index < -0.39 is 0 Å². The molecule has 2 atom stereocenters. The third-order valence-corrected chi connectivity index (χ3v) is 4.30. The van der Waals surface area contributed by atoms with Crippen molar-refractivity contribution in [1.29, 1.82) is 5.26 Å². The van der Waals surface area contributed by atoms with Crippen LogP contribution in [0.4, 0.5) is 10.1 Å². The second-order valence-corrected chi connectivity index (χ2v) is 5.41. The maximum atomic E-state index is 13.3. The highest BCUT2D eigenvalue weighted by molar-refractivity contribution is 5.60. The van der Waals surface area contributed by atoms with Crippen LogP contribution in [-0.4, -0.2) is 19.1 Å². The standard InChI is InChI=1S/C16H22FN3/c1-2-20(15-6-4-3-5-12(15)10-18)16-8-7-14(17)9-13(16)11-19/h7-9,12,15H,2-6,10,18H2,1H3. The third-order valence-electron chi connectivity index (χ3n) is 4.30. The van der Waals surface area contributed by atoms with Crippen LogP contribution >= 0.6 is 0 Å². The first kappa shape index (κ1) is 14.8. The largest absolute Gasteiger partial charge is 0.367 e. The van der Waals surface area contributed by atoms with Gasteiger partial charge in [0.25, 0.3) is 0 Å². The molecule has 2 unspecified atom stereocenters. The van der Waals surface area contributed by atoms with Gasteiger partial charge in [-0.25, -0.2) is 4.39 Å². The van der Waals surface area contributed by atoms with Gasteiger partial charge in [0.2, 0.25) is 0 Å². The zero-order valence-corrected chi connectivity index (χ0v) is 12.0. The normalized spacial score (nSPS) is 22.3. The quantitative estimate of drug-likeness (QED) is 0.919. The summed E-state index contributed by atoms with van der Waals surface area (Å²) in [4.78, 5) is 2.23. The molecule has 0 bridgehead atoms. The Morgan fingerprint density at radius 2 is 2.15 bits per heavy atom. The van der Waals surface area contributed by atoms with Gasteiger partial charge in [-0.15, -0.1) is 0 Å². The molecule has 1 saturated carbocycles. The van der Waals surface area contributed by atoms with E-state index >= 15 is 0 Å². The number of nitriles is 1. The number of hydrogen-bond donors (Lipinski definition) is 1. The first-order chi connectivity index (χ1) is 9.71. The van der Waals surface area contributed by atoms with Crippen LogP contribution in [0.25, 0.3) is 0 Å². The van der Waals surface area contributed by atoms with E-state index in [9.17, 15) is 9.65 Å². The molecule has 0 spiro atoms. The molecule has 0 aromatic heterocycles. The Kier molecular flexibility index (Phi) is 4.97. The maximum absolute atomic E-state index is 13.3. The van der Waals surface area contributed by atoms with Crippen LogP contribution in [0.1, 0.15) is 38.2 Å². The number of nitrogens with two attached hydrogens (primary N) is 1. The van der Waals surface area contributed by atoms with Crippen molar-refractivity contribution in [1.82, 2.24) is 0 Å². The summed E-state index contributed by atoms with van der Waals surface area (Å²) in [5.41, 5.74) is 7.15. The van der Waals surface area contributed by atoms with Crippen LogP contribution in [0.15, 0.2) is 18.2 Å². The van der Waals surface area contributed by atoms with E-state index in [0.717, 1.165) is 25.1 Å². The fourth-order valence-corrected chi connectivity index (χ4v) is 3.31. The molecule has 2 N–H and O–H groups in total. The number of rotatable bonds is 4. The molecular formula is C16H22FN3. The second-order valence-electron chi connectivity index (χ2n) is 5.41. The van der Waals surface area contributed by atoms with Crippen molar-refractivity contribution in [2.45, 2.75) is 38.6 Å². The van der Waals surface area contributed by atoms with Crippen molar-refractivity contribution in [3.05, 3.63) is 29.6 Å². The number of halogens is 1. The SMILES string of the molecule is CCN(c1ccc(F)cc1C#N)C1CCCCC1CN. The van der Waals surface area contributed by atoms with Gasteiger partial charge in [-0.2, -0.15) is 5.26 Å². The molecule has 1 aliphatic rings. The van der Waals surface area contributed by atoms with Gasteiger partial charge in [-0.1, -0.05) is 12.8 Å². The van der Waals surface area contributed by atoms with E-state index in [1.807, 2.05) is 0 Å². The highest BCUT2D eigenvalue weighted by Crippen LogP contribution is 2.32. The van der Waals surface area contributed by atoms with E-state index in [2.05, 4.69) is 17.9 Å². The predicted molar refractivity (Wildman–Crippen MR) is 78.9 cm³/mol. The lowest BCUT2D eigenvalue weighted by Crippen LogP contribution is -2.45. The van der Waals surface area contributed by atoms with Gasteiger partial charge in [0.05, 0.1) is 11.3 Å². The highest BCUT2D eigenvalue weighted by atomic mass is 19.1. The Morgan fingerprint density at radius 1 is 1.40 bits per heavy atom. The zero-order valence-electron chi connectivity index (χ0n) is 12.0. The van der Waals surface area contributed by atoms with Crippen molar-refractivity contribution < 1.29 is 4.39 Å². The number of benzene rings is 1. The molecule has 0 amide bonds. The highest BCUT2D eigenvalue weighted by Gasteiger charge is 2.29. The minimum absolute atomic E-state index is 0.358. The average molecular weight is 275 g/mol. The summed E-state index contributed by atoms with van der Waals surface area (Å²) < 4.78 is 13.3. The monoisotopic (exact) mass is 275 g/mol. The third kappa shape index (κ3) is 2.94. The smallest absolute Gasteiger partial charge is 0.124 e. The van der Waals surface area contributed by atoms with Crippen molar-refractivity contribution in [3.63, 3.8) is 0 Å².